The number of nitrogens with zero attached hydrogens (tertiary/aromatic N) is 1. The van der Waals surface area contributed by atoms with E-state index in [0.717, 1.165) is 44.7 Å². The second kappa shape index (κ2) is 8.04. The smallest absolute Gasteiger partial charge is 0.164 e. The van der Waals surface area contributed by atoms with Gasteiger partial charge in [0.05, 0.1) is 0 Å². The number of benzene rings is 2. The first kappa shape index (κ1) is 15.9. The van der Waals surface area contributed by atoms with E-state index in [-0.39, 0.29) is 5.78 Å². The molecule has 0 unspecified atom stereocenters. The van der Waals surface area contributed by atoms with E-state index in [1.54, 1.807) is 0 Å². The molecule has 1 aliphatic heterocycles. The molecule has 0 saturated carbocycles. The summed E-state index contributed by atoms with van der Waals surface area (Å²) in [4.78, 5) is 14.7. The van der Waals surface area contributed by atoms with E-state index in [1.807, 2.05) is 18.2 Å². The molecule has 0 atom stereocenters. The predicted molar refractivity (Wildman–Crippen MR) is 93.9 cm³/mol. The monoisotopic (exact) mass is 308 g/mol. The van der Waals surface area contributed by atoms with Crippen LogP contribution < -0.4 is 5.32 Å². The van der Waals surface area contributed by atoms with Crippen LogP contribution in [0.25, 0.3) is 0 Å². The molecule has 3 rings (SSSR count). The molecule has 3 heteroatoms. The van der Waals surface area contributed by atoms with Crippen LogP contribution in [-0.2, 0) is 6.42 Å². The fourth-order valence-corrected chi connectivity index (χ4v) is 2.98. The quantitative estimate of drug-likeness (QED) is 0.833. The normalized spacial score (nSPS) is 15.5. The Kier molecular flexibility index (Phi) is 5.56. The SMILES string of the molecule is O=C(CCN1CCNCC1)c1ccc(Cc2ccccc2)cc1. The molecule has 0 amide bonds. The number of piperazine rings is 1. The van der Waals surface area contributed by atoms with Gasteiger partial charge in [0.2, 0.25) is 0 Å². The van der Waals surface area contributed by atoms with Gasteiger partial charge in [-0.15, -0.1) is 0 Å². The minimum atomic E-state index is 0.245. The van der Waals surface area contributed by atoms with E-state index >= 15 is 0 Å². The summed E-state index contributed by atoms with van der Waals surface area (Å²) in [5, 5.41) is 3.33. The molecular formula is C20H24N2O. The third kappa shape index (κ3) is 4.75. The maximum Gasteiger partial charge on any atom is 0.164 e. The first-order valence-electron chi connectivity index (χ1n) is 8.40. The Hall–Kier alpha value is -1.97. The van der Waals surface area contributed by atoms with Crippen molar-refractivity contribution < 1.29 is 4.79 Å². The van der Waals surface area contributed by atoms with E-state index in [0.29, 0.717) is 6.42 Å². The zero-order valence-corrected chi connectivity index (χ0v) is 13.5. The molecule has 1 saturated heterocycles. The number of rotatable bonds is 6. The lowest BCUT2D eigenvalue weighted by Crippen LogP contribution is -2.44. The number of Topliss-reactive ketones (excluding diaryl/α,β-unsaturated/α-hetero) is 1. The summed E-state index contributed by atoms with van der Waals surface area (Å²) >= 11 is 0. The first-order valence-corrected chi connectivity index (χ1v) is 8.40. The summed E-state index contributed by atoms with van der Waals surface area (Å²) in [6, 6.07) is 18.5. The number of carbonyl (C=O) groups is 1. The van der Waals surface area contributed by atoms with Crippen LogP contribution in [0.15, 0.2) is 54.6 Å². The zero-order valence-electron chi connectivity index (χ0n) is 13.5. The van der Waals surface area contributed by atoms with Gasteiger partial charge in [-0.3, -0.25) is 4.79 Å². The summed E-state index contributed by atoms with van der Waals surface area (Å²) in [5.74, 6) is 0.245. The van der Waals surface area contributed by atoms with E-state index < -0.39 is 0 Å². The molecule has 0 spiro atoms. The topological polar surface area (TPSA) is 32.3 Å². The van der Waals surface area contributed by atoms with Crippen molar-refractivity contribution in [1.29, 1.82) is 0 Å². The average molecular weight is 308 g/mol. The Balaban J connectivity index is 1.52. The third-order valence-corrected chi connectivity index (χ3v) is 4.39. The maximum atomic E-state index is 12.3. The van der Waals surface area contributed by atoms with Crippen LogP contribution in [0.5, 0.6) is 0 Å². The van der Waals surface area contributed by atoms with Crippen LogP contribution in [0.2, 0.25) is 0 Å². The van der Waals surface area contributed by atoms with Gasteiger partial charge >= 0.3 is 0 Å². The van der Waals surface area contributed by atoms with Crippen LogP contribution in [0, 0.1) is 0 Å². The van der Waals surface area contributed by atoms with Crippen molar-refractivity contribution in [2.24, 2.45) is 0 Å². The summed E-state index contributed by atoms with van der Waals surface area (Å²) in [7, 11) is 0. The fourth-order valence-electron chi connectivity index (χ4n) is 2.98. The van der Waals surface area contributed by atoms with Crippen molar-refractivity contribution in [3.05, 3.63) is 71.3 Å². The Morgan fingerprint density at radius 1 is 0.913 bits per heavy atom. The molecular weight excluding hydrogens is 284 g/mol. The van der Waals surface area contributed by atoms with Gasteiger partial charge in [0.1, 0.15) is 0 Å². The number of hydrogen-bond acceptors (Lipinski definition) is 3. The van der Waals surface area contributed by atoms with Crippen molar-refractivity contribution in [2.75, 3.05) is 32.7 Å². The predicted octanol–water partition coefficient (Wildman–Crippen LogP) is 2.76. The summed E-state index contributed by atoms with van der Waals surface area (Å²) in [6.07, 6.45) is 1.52. The molecule has 0 bridgehead atoms. The standard InChI is InChI=1S/C20H24N2O/c23-20(10-13-22-14-11-21-12-15-22)19-8-6-18(7-9-19)16-17-4-2-1-3-5-17/h1-9,21H,10-16H2. The van der Waals surface area contributed by atoms with Crippen LogP contribution in [-0.4, -0.2) is 43.4 Å². The van der Waals surface area contributed by atoms with Crippen molar-refractivity contribution in [3.8, 4) is 0 Å². The van der Waals surface area contributed by atoms with Crippen molar-refractivity contribution in [2.45, 2.75) is 12.8 Å². The highest BCUT2D eigenvalue weighted by molar-refractivity contribution is 5.96. The summed E-state index contributed by atoms with van der Waals surface area (Å²) < 4.78 is 0. The lowest BCUT2D eigenvalue weighted by Gasteiger charge is -2.26. The Morgan fingerprint density at radius 3 is 2.26 bits per heavy atom. The van der Waals surface area contributed by atoms with Crippen LogP contribution in [0.3, 0.4) is 0 Å². The Bertz CT molecular complexity index is 616. The van der Waals surface area contributed by atoms with Gasteiger partial charge in [0.15, 0.2) is 5.78 Å². The third-order valence-electron chi connectivity index (χ3n) is 4.39. The van der Waals surface area contributed by atoms with Gasteiger partial charge in [0.25, 0.3) is 0 Å². The fraction of sp³-hybridized carbons (Fsp3) is 0.350. The molecule has 23 heavy (non-hydrogen) atoms. The second-order valence-corrected chi connectivity index (χ2v) is 6.12. The molecule has 0 aliphatic carbocycles. The lowest BCUT2D eigenvalue weighted by atomic mass is 10.0. The Labute approximate surface area is 138 Å². The summed E-state index contributed by atoms with van der Waals surface area (Å²) in [6.45, 7) is 5.02. The molecule has 1 heterocycles. The highest BCUT2D eigenvalue weighted by Crippen LogP contribution is 2.12. The number of carbonyl (C=O) groups excluding carboxylic acids is 1. The molecule has 0 radical (unpaired) electrons. The molecule has 3 nitrogen and oxygen atoms in total. The molecule has 2 aromatic rings. The van der Waals surface area contributed by atoms with Gasteiger partial charge in [0, 0.05) is 44.7 Å². The van der Waals surface area contributed by atoms with Crippen molar-refractivity contribution in [3.63, 3.8) is 0 Å². The van der Waals surface area contributed by atoms with E-state index in [1.165, 1.54) is 11.1 Å². The second-order valence-electron chi connectivity index (χ2n) is 6.12. The van der Waals surface area contributed by atoms with Gasteiger partial charge in [-0.05, 0) is 17.5 Å². The van der Waals surface area contributed by atoms with Crippen molar-refractivity contribution in [1.82, 2.24) is 10.2 Å². The molecule has 1 aliphatic rings. The maximum absolute atomic E-state index is 12.3. The minimum absolute atomic E-state index is 0.245. The summed E-state index contributed by atoms with van der Waals surface area (Å²) in [5.41, 5.74) is 3.37. The lowest BCUT2D eigenvalue weighted by molar-refractivity contribution is 0.0960. The van der Waals surface area contributed by atoms with Gasteiger partial charge in [-0.25, -0.2) is 0 Å². The number of ketones is 1. The highest BCUT2D eigenvalue weighted by atomic mass is 16.1. The van der Waals surface area contributed by atoms with E-state index in [9.17, 15) is 4.79 Å². The highest BCUT2D eigenvalue weighted by Gasteiger charge is 2.12. The van der Waals surface area contributed by atoms with Crippen LogP contribution in [0.1, 0.15) is 27.9 Å². The number of hydrogen-bond donors (Lipinski definition) is 1. The average Bonchev–Trinajstić information content (AvgIpc) is 2.62. The van der Waals surface area contributed by atoms with E-state index in [2.05, 4.69) is 46.6 Å². The Morgan fingerprint density at radius 2 is 1.57 bits per heavy atom. The molecule has 1 N–H and O–H groups in total. The number of nitrogens with one attached hydrogen (secondary N) is 1. The van der Waals surface area contributed by atoms with Crippen LogP contribution in [0.4, 0.5) is 0 Å². The largest absolute Gasteiger partial charge is 0.314 e. The molecule has 1 fully saturated rings. The molecule has 120 valence electrons. The molecule has 2 aromatic carbocycles. The zero-order chi connectivity index (χ0) is 15.9. The van der Waals surface area contributed by atoms with E-state index in [4.69, 9.17) is 0 Å². The van der Waals surface area contributed by atoms with Gasteiger partial charge in [-0.2, -0.15) is 0 Å². The van der Waals surface area contributed by atoms with Crippen LogP contribution >= 0.6 is 0 Å². The van der Waals surface area contributed by atoms with Gasteiger partial charge < -0.3 is 10.2 Å². The van der Waals surface area contributed by atoms with Gasteiger partial charge in [-0.1, -0.05) is 54.6 Å². The minimum Gasteiger partial charge on any atom is -0.314 e. The first-order chi connectivity index (χ1) is 11.3. The molecule has 0 aromatic heterocycles. The van der Waals surface area contributed by atoms with Crippen molar-refractivity contribution >= 4 is 5.78 Å².